The van der Waals surface area contributed by atoms with Crippen LogP contribution in [-0.2, 0) is 11.2 Å². The monoisotopic (exact) mass is 386 g/mol. The number of benzene rings is 2. The van der Waals surface area contributed by atoms with Crippen molar-refractivity contribution in [2.24, 2.45) is 0 Å². The number of hydrogen-bond donors (Lipinski definition) is 1. The molecule has 0 aliphatic heterocycles. The van der Waals surface area contributed by atoms with Crippen molar-refractivity contribution in [3.63, 3.8) is 0 Å². The van der Waals surface area contributed by atoms with Crippen LogP contribution in [0.1, 0.15) is 53.2 Å². The Kier molecular flexibility index (Phi) is 4.96. The van der Waals surface area contributed by atoms with Gasteiger partial charge in [0.15, 0.2) is 5.43 Å². The Bertz CT molecular complexity index is 1210. The molecule has 4 nitrogen and oxygen atoms in total. The molecule has 146 valence electrons. The minimum atomic E-state index is -1.06. The van der Waals surface area contributed by atoms with E-state index in [0.717, 1.165) is 23.8 Å². The number of carbonyl (C=O) groups is 1. The zero-order valence-corrected chi connectivity index (χ0v) is 16.4. The third kappa shape index (κ3) is 3.80. The molecule has 4 rings (SSSR count). The van der Waals surface area contributed by atoms with Gasteiger partial charge in [0.1, 0.15) is 11.3 Å². The molecule has 1 N–H and O–H groups in total. The molecule has 0 bridgehead atoms. The van der Waals surface area contributed by atoms with Crippen LogP contribution in [0.4, 0.5) is 0 Å². The number of hydrogen-bond acceptors (Lipinski definition) is 3. The summed E-state index contributed by atoms with van der Waals surface area (Å²) in [6.07, 6.45) is 4.08. The second kappa shape index (κ2) is 7.57. The summed E-state index contributed by atoms with van der Waals surface area (Å²) in [4.78, 5) is 23.7. The maximum Gasteiger partial charge on any atom is 0.336 e. The van der Waals surface area contributed by atoms with Gasteiger partial charge < -0.3 is 9.52 Å². The van der Waals surface area contributed by atoms with Crippen molar-refractivity contribution in [1.29, 1.82) is 0 Å². The lowest BCUT2D eigenvalue weighted by Crippen LogP contribution is -2.12. The highest BCUT2D eigenvalue weighted by molar-refractivity contribution is 5.82. The van der Waals surface area contributed by atoms with Gasteiger partial charge in [0.05, 0.1) is 11.5 Å². The smallest absolute Gasteiger partial charge is 0.336 e. The molecule has 2 aromatic carbocycles. The van der Waals surface area contributed by atoms with E-state index < -0.39 is 5.97 Å². The molecule has 0 spiro atoms. The SMILES string of the molecule is CCc1c(C2CC2c2ccc(C)cc2)oc2ccc(C=C=CC(=O)O)cc2c1=O. The number of rotatable bonds is 5. The van der Waals surface area contributed by atoms with Gasteiger partial charge in [-0.3, -0.25) is 4.79 Å². The zero-order valence-electron chi connectivity index (χ0n) is 16.4. The van der Waals surface area contributed by atoms with Crippen LogP contribution in [0.2, 0.25) is 0 Å². The van der Waals surface area contributed by atoms with Gasteiger partial charge in [0.25, 0.3) is 0 Å². The maximum atomic E-state index is 13.1. The molecule has 4 heteroatoms. The molecule has 0 saturated heterocycles. The second-order valence-corrected chi connectivity index (χ2v) is 7.54. The topological polar surface area (TPSA) is 67.5 Å². The van der Waals surface area contributed by atoms with Gasteiger partial charge >= 0.3 is 5.97 Å². The highest BCUT2D eigenvalue weighted by atomic mass is 16.4. The molecule has 1 heterocycles. The lowest BCUT2D eigenvalue weighted by atomic mass is 10.0. The molecule has 1 aromatic heterocycles. The predicted octanol–water partition coefficient (Wildman–Crippen LogP) is 5.19. The predicted molar refractivity (Wildman–Crippen MR) is 113 cm³/mol. The van der Waals surface area contributed by atoms with Gasteiger partial charge in [0.2, 0.25) is 0 Å². The summed E-state index contributed by atoms with van der Waals surface area (Å²) in [5, 5.41) is 9.20. The summed E-state index contributed by atoms with van der Waals surface area (Å²) >= 11 is 0. The van der Waals surface area contributed by atoms with E-state index in [4.69, 9.17) is 9.52 Å². The van der Waals surface area contributed by atoms with Crippen molar-refractivity contribution in [3.8, 4) is 0 Å². The molecule has 3 aromatic rings. The van der Waals surface area contributed by atoms with E-state index in [2.05, 4.69) is 36.9 Å². The highest BCUT2D eigenvalue weighted by Crippen LogP contribution is 2.55. The fourth-order valence-corrected chi connectivity index (χ4v) is 3.87. The summed E-state index contributed by atoms with van der Waals surface area (Å²) in [6, 6.07) is 13.9. The third-order valence-corrected chi connectivity index (χ3v) is 5.48. The lowest BCUT2D eigenvalue weighted by Gasteiger charge is -2.09. The first kappa shape index (κ1) is 19.0. The largest absolute Gasteiger partial charge is 0.478 e. The van der Waals surface area contributed by atoms with E-state index in [9.17, 15) is 9.59 Å². The van der Waals surface area contributed by atoms with Crippen LogP contribution in [0, 0.1) is 6.92 Å². The Hall–Kier alpha value is -3.36. The second-order valence-electron chi connectivity index (χ2n) is 7.54. The molecule has 1 saturated carbocycles. The first-order valence-electron chi connectivity index (χ1n) is 9.79. The molecule has 1 aliphatic rings. The van der Waals surface area contributed by atoms with Crippen LogP contribution >= 0.6 is 0 Å². The fourth-order valence-electron chi connectivity index (χ4n) is 3.87. The molecule has 1 aliphatic carbocycles. The quantitative estimate of drug-likeness (QED) is 0.484. The molecule has 0 radical (unpaired) electrons. The number of aryl methyl sites for hydroxylation is 1. The van der Waals surface area contributed by atoms with Gasteiger partial charge in [-0.2, -0.15) is 0 Å². The standard InChI is InChI=1S/C25H22O4/c1-3-18-24(28)21-13-16(5-4-6-23(26)27)9-12-22(21)29-25(18)20-14-19(20)17-10-7-15(2)8-11-17/h5-13,19-20H,3,14H2,1-2H3,(H,26,27). The molecule has 2 atom stereocenters. The van der Waals surface area contributed by atoms with Crippen LogP contribution < -0.4 is 5.43 Å². The van der Waals surface area contributed by atoms with Crippen molar-refractivity contribution < 1.29 is 14.3 Å². The van der Waals surface area contributed by atoms with E-state index in [0.29, 0.717) is 28.9 Å². The summed E-state index contributed by atoms with van der Waals surface area (Å²) < 4.78 is 6.23. The van der Waals surface area contributed by atoms with Crippen molar-refractivity contribution in [2.45, 2.75) is 38.5 Å². The van der Waals surface area contributed by atoms with E-state index in [1.54, 1.807) is 24.3 Å². The number of carboxylic acid groups (broad SMARTS) is 1. The van der Waals surface area contributed by atoms with Gasteiger partial charge in [0, 0.05) is 11.5 Å². The molecule has 2 unspecified atom stereocenters. The van der Waals surface area contributed by atoms with Crippen molar-refractivity contribution >= 4 is 23.0 Å². The summed E-state index contributed by atoms with van der Waals surface area (Å²) in [6.45, 7) is 4.05. The summed E-state index contributed by atoms with van der Waals surface area (Å²) in [5.41, 5.74) is 7.13. The summed E-state index contributed by atoms with van der Waals surface area (Å²) in [5.74, 6) is 0.379. The molecule has 0 amide bonds. The average Bonchev–Trinajstić information content (AvgIpc) is 3.49. The maximum absolute atomic E-state index is 13.1. The first-order valence-corrected chi connectivity index (χ1v) is 9.79. The molecule has 29 heavy (non-hydrogen) atoms. The van der Waals surface area contributed by atoms with Crippen LogP contribution in [0.5, 0.6) is 0 Å². The van der Waals surface area contributed by atoms with Gasteiger partial charge in [-0.25, -0.2) is 4.79 Å². The average molecular weight is 386 g/mol. The molecule has 1 fully saturated rings. The molecular weight excluding hydrogens is 364 g/mol. The molecular formula is C25H22O4. The van der Waals surface area contributed by atoms with Crippen molar-refractivity contribution in [2.75, 3.05) is 0 Å². The van der Waals surface area contributed by atoms with E-state index in [-0.39, 0.29) is 11.3 Å². The Labute approximate surface area is 168 Å². The Morgan fingerprint density at radius 3 is 2.66 bits per heavy atom. The minimum absolute atomic E-state index is 0.00392. The number of fused-ring (bicyclic) bond motifs is 1. The fraction of sp³-hybridized carbons (Fsp3) is 0.240. The van der Waals surface area contributed by atoms with Gasteiger partial charge in [-0.05, 0) is 55.0 Å². The minimum Gasteiger partial charge on any atom is -0.478 e. The van der Waals surface area contributed by atoms with E-state index >= 15 is 0 Å². The Balaban J connectivity index is 1.73. The van der Waals surface area contributed by atoms with Crippen molar-refractivity contribution in [3.05, 3.63) is 92.5 Å². The zero-order chi connectivity index (χ0) is 20.5. The highest BCUT2D eigenvalue weighted by Gasteiger charge is 2.43. The van der Waals surface area contributed by atoms with Crippen LogP contribution in [0.25, 0.3) is 17.0 Å². The lowest BCUT2D eigenvalue weighted by molar-refractivity contribution is -0.131. The third-order valence-electron chi connectivity index (χ3n) is 5.48. The van der Waals surface area contributed by atoms with Crippen LogP contribution in [0.3, 0.4) is 0 Å². The number of aliphatic carboxylic acids is 1. The summed E-state index contributed by atoms with van der Waals surface area (Å²) in [7, 11) is 0. The van der Waals surface area contributed by atoms with E-state index in [1.807, 2.05) is 6.92 Å². The van der Waals surface area contributed by atoms with Gasteiger partial charge in [-0.1, -0.05) is 42.8 Å². The van der Waals surface area contributed by atoms with Crippen LogP contribution in [0.15, 0.2) is 63.5 Å². The van der Waals surface area contributed by atoms with Crippen LogP contribution in [-0.4, -0.2) is 11.1 Å². The first-order chi connectivity index (χ1) is 14.0. The van der Waals surface area contributed by atoms with Gasteiger partial charge in [-0.15, -0.1) is 5.73 Å². The van der Waals surface area contributed by atoms with E-state index in [1.165, 1.54) is 11.1 Å². The normalized spacial score (nSPS) is 17.6. The Morgan fingerprint density at radius 1 is 1.21 bits per heavy atom. The van der Waals surface area contributed by atoms with Crippen molar-refractivity contribution in [1.82, 2.24) is 0 Å². The Morgan fingerprint density at radius 2 is 1.97 bits per heavy atom. The number of carboxylic acids is 1.